The van der Waals surface area contributed by atoms with Gasteiger partial charge in [0.1, 0.15) is 11.7 Å². The van der Waals surface area contributed by atoms with Crippen LogP contribution in [0, 0.1) is 46.3 Å². The van der Waals surface area contributed by atoms with Crippen molar-refractivity contribution in [2.75, 3.05) is 0 Å². The maximum atomic E-state index is 12.1. The van der Waals surface area contributed by atoms with Crippen LogP contribution < -0.4 is 0 Å². The van der Waals surface area contributed by atoms with E-state index < -0.39 is 11.7 Å². The lowest BCUT2D eigenvalue weighted by atomic mass is 9.42. The molecule has 4 fully saturated rings. The van der Waals surface area contributed by atoms with Crippen LogP contribution in [-0.4, -0.2) is 28.2 Å². The molecule has 0 aromatic rings. The third kappa shape index (κ3) is 4.30. The molecular formula is C29H49ClO3. The van der Waals surface area contributed by atoms with Crippen LogP contribution in [0.2, 0.25) is 0 Å². The fourth-order valence-corrected chi connectivity index (χ4v) is 9.92. The van der Waals surface area contributed by atoms with Crippen molar-refractivity contribution in [3.63, 3.8) is 0 Å². The van der Waals surface area contributed by atoms with Crippen LogP contribution in [0.15, 0.2) is 0 Å². The van der Waals surface area contributed by atoms with Gasteiger partial charge in [-0.25, -0.2) is 0 Å². The number of alkyl halides is 1. The monoisotopic (exact) mass is 480 g/mol. The van der Waals surface area contributed by atoms with E-state index in [2.05, 4.69) is 34.6 Å². The second kappa shape index (κ2) is 9.30. The molecule has 4 heteroatoms. The molecule has 3 unspecified atom stereocenters. The second-order valence-corrected chi connectivity index (χ2v) is 14.0. The minimum absolute atomic E-state index is 0.0333. The van der Waals surface area contributed by atoms with Crippen molar-refractivity contribution in [3.8, 4) is 0 Å². The summed E-state index contributed by atoms with van der Waals surface area (Å²) in [6.45, 7) is 13.6. The van der Waals surface area contributed by atoms with Crippen LogP contribution in [0.25, 0.3) is 0 Å². The lowest BCUT2D eigenvalue weighted by Gasteiger charge is -2.65. The van der Waals surface area contributed by atoms with Gasteiger partial charge >= 0.3 is 5.97 Å². The molecule has 1 N–H and O–H groups in total. The van der Waals surface area contributed by atoms with E-state index >= 15 is 0 Å². The van der Waals surface area contributed by atoms with Gasteiger partial charge in [0.05, 0.1) is 0 Å². The fraction of sp³-hybridized carbons (Fsp3) is 0.966. The minimum Gasteiger partial charge on any atom is -0.459 e. The number of rotatable bonds is 6. The van der Waals surface area contributed by atoms with Gasteiger partial charge in [-0.05, 0) is 92.3 Å². The van der Waals surface area contributed by atoms with Crippen LogP contribution in [0.5, 0.6) is 0 Å². The summed E-state index contributed by atoms with van der Waals surface area (Å²) < 4.78 is 5.91. The maximum absolute atomic E-state index is 12.1. The van der Waals surface area contributed by atoms with Crippen LogP contribution in [-0.2, 0) is 9.53 Å². The Morgan fingerprint density at radius 1 is 1.06 bits per heavy atom. The number of carbonyl (C=O) groups excluding carboxylic acids is 1. The van der Waals surface area contributed by atoms with Gasteiger partial charge in [0.15, 0.2) is 0 Å². The number of hydrogen-bond acceptors (Lipinski definition) is 3. The highest BCUT2D eigenvalue weighted by molar-refractivity contribution is 6.20. The third-order valence-corrected chi connectivity index (χ3v) is 11.7. The van der Waals surface area contributed by atoms with Crippen LogP contribution in [0.4, 0.5) is 0 Å². The zero-order chi connectivity index (χ0) is 24.2. The average Bonchev–Trinajstić information content (AvgIpc) is 3.07. The highest BCUT2D eigenvalue weighted by Crippen LogP contribution is 2.69. The Labute approximate surface area is 207 Å². The quantitative estimate of drug-likeness (QED) is 0.318. The van der Waals surface area contributed by atoms with Gasteiger partial charge in [0.2, 0.25) is 0 Å². The normalized spacial score (nSPS) is 48.0. The molecule has 3 nitrogen and oxygen atoms in total. The van der Waals surface area contributed by atoms with Gasteiger partial charge in [0.25, 0.3) is 0 Å². The Morgan fingerprint density at radius 2 is 1.79 bits per heavy atom. The summed E-state index contributed by atoms with van der Waals surface area (Å²) in [4.78, 5) is 12.1. The number of fused-ring (bicyclic) bond motifs is 5. The molecular weight excluding hydrogens is 432 g/mol. The van der Waals surface area contributed by atoms with E-state index in [4.69, 9.17) is 16.3 Å². The Balaban J connectivity index is 1.58. The zero-order valence-electron chi connectivity index (χ0n) is 22.0. The molecule has 4 aliphatic rings. The Bertz CT molecular complexity index is 724. The number of aliphatic hydroxyl groups is 1. The summed E-state index contributed by atoms with van der Waals surface area (Å²) in [7, 11) is 0. The summed E-state index contributed by atoms with van der Waals surface area (Å²) in [5, 5.41) is 12.1. The number of ether oxygens (including phenoxy) is 1. The number of esters is 1. The summed E-state index contributed by atoms with van der Waals surface area (Å²) >= 11 is 6.59. The van der Waals surface area contributed by atoms with Gasteiger partial charge in [-0.3, -0.25) is 4.79 Å². The average molecular weight is 481 g/mol. The highest BCUT2D eigenvalue weighted by atomic mass is 35.5. The largest absolute Gasteiger partial charge is 0.459 e. The SMILES string of the molecule is CC(=O)OC1C[C@H]2[C@@H]3CC[C@H]([C@H](C)CCCC(C)C)[C@@]3(C)CC[C@@H]2[C@@]2(C)CCC(Cl)CC12O. The number of hydrogen-bond donors (Lipinski definition) is 1. The smallest absolute Gasteiger partial charge is 0.303 e. The summed E-state index contributed by atoms with van der Waals surface area (Å²) in [6.07, 6.45) is 12.0. The Morgan fingerprint density at radius 3 is 2.45 bits per heavy atom. The van der Waals surface area contributed by atoms with Crippen molar-refractivity contribution in [1.29, 1.82) is 0 Å². The molecule has 0 saturated heterocycles. The molecule has 33 heavy (non-hydrogen) atoms. The fourth-order valence-electron chi connectivity index (χ4n) is 9.57. The first-order valence-electron chi connectivity index (χ1n) is 14.0. The standard InChI is InChI=1S/C29H49ClO3/c1-18(2)8-7-9-19(3)23-10-11-24-22-16-26(33-20(4)31)29(32)17-21(30)12-15-28(29,6)25(22)13-14-27(23,24)5/h18-19,21-26,32H,7-17H2,1-6H3/t19-,21?,22+,23-,24+,25+,26?,27-,28-,29?/m1/s1. The molecule has 0 bridgehead atoms. The topological polar surface area (TPSA) is 46.5 Å². The molecule has 10 atom stereocenters. The van der Waals surface area contributed by atoms with Crippen molar-refractivity contribution < 1.29 is 14.6 Å². The first-order chi connectivity index (χ1) is 15.4. The predicted octanol–water partition coefficient (Wildman–Crippen LogP) is 7.37. The van der Waals surface area contributed by atoms with Crippen molar-refractivity contribution in [3.05, 3.63) is 0 Å². The molecule has 190 valence electrons. The van der Waals surface area contributed by atoms with Crippen molar-refractivity contribution in [2.24, 2.45) is 46.3 Å². The molecule has 0 radical (unpaired) electrons. The summed E-state index contributed by atoms with van der Waals surface area (Å²) in [6, 6.07) is 0. The van der Waals surface area contributed by atoms with E-state index in [1.807, 2.05) is 0 Å². The zero-order valence-corrected chi connectivity index (χ0v) is 22.8. The lowest BCUT2D eigenvalue weighted by Crippen LogP contribution is -2.69. The van der Waals surface area contributed by atoms with Crippen LogP contribution in [0.3, 0.4) is 0 Å². The van der Waals surface area contributed by atoms with E-state index in [1.54, 1.807) is 0 Å². The molecule has 0 heterocycles. The van der Waals surface area contributed by atoms with Gasteiger partial charge in [-0.15, -0.1) is 11.6 Å². The number of carbonyl (C=O) groups is 1. The van der Waals surface area contributed by atoms with Gasteiger partial charge < -0.3 is 9.84 Å². The van der Waals surface area contributed by atoms with Gasteiger partial charge in [0, 0.05) is 17.7 Å². The van der Waals surface area contributed by atoms with E-state index in [-0.39, 0.29) is 16.8 Å². The molecule has 0 aromatic heterocycles. The number of halogens is 1. The first kappa shape index (κ1) is 25.8. The van der Waals surface area contributed by atoms with Crippen molar-refractivity contribution in [2.45, 2.75) is 129 Å². The molecule has 4 saturated carbocycles. The summed E-state index contributed by atoms with van der Waals surface area (Å²) in [5.74, 6) is 3.83. The second-order valence-electron chi connectivity index (χ2n) is 13.4. The van der Waals surface area contributed by atoms with E-state index in [1.165, 1.54) is 51.9 Å². The van der Waals surface area contributed by atoms with E-state index in [0.29, 0.717) is 29.6 Å². The van der Waals surface area contributed by atoms with Gasteiger partial charge in [-0.2, -0.15) is 0 Å². The van der Waals surface area contributed by atoms with Crippen molar-refractivity contribution in [1.82, 2.24) is 0 Å². The van der Waals surface area contributed by atoms with E-state index in [9.17, 15) is 9.90 Å². The van der Waals surface area contributed by atoms with E-state index in [0.717, 1.165) is 37.0 Å². The molecule has 4 aliphatic carbocycles. The predicted molar refractivity (Wildman–Crippen MR) is 135 cm³/mol. The maximum Gasteiger partial charge on any atom is 0.303 e. The minimum atomic E-state index is -1.000. The Hall–Kier alpha value is -0.280. The summed E-state index contributed by atoms with van der Waals surface area (Å²) in [5.41, 5.74) is -0.835. The Kier molecular flexibility index (Phi) is 7.28. The highest BCUT2D eigenvalue weighted by Gasteiger charge is 2.68. The third-order valence-electron chi connectivity index (χ3n) is 11.3. The van der Waals surface area contributed by atoms with Crippen LogP contribution >= 0.6 is 11.6 Å². The molecule has 0 spiro atoms. The molecule has 0 aliphatic heterocycles. The molecule has 0 amide bonds. The lowest BCUT2D eigenvalue weighted by molar-refractivity contribution is -0.258. The van der Waals surface area contributed by atoms with Crippen molar-refractivity contribution >= 4 is 17.6 Å². The molecule has 4 rings (SSSR count). The van der Waals surface area contributed by atoms with Gasteiger partial charge in [-0.1, -0.05) is 53.9 Å². The van der Waals surface area contributed by atoms with Crippen LogP contribution in [0.1, 0.15) is 112 Å². The molecule has 0 aromatic carbocycles. The first-order valence-corrected chi connectivity index (χ1v) is 14.4.